The van der Waals surface area contributed by atoms with E-state index in [1.54, 1.807) is 24.1 Å². The van der Waals surface area contributed by atoms with Crippen molar-refractivity contribution in [1.82, 2.24) is 10.1 Å². The van der Waals surface area contributed by atoms with E-state index in [0.29, 0.717) is 30.2 Å². The molecule has 0 aliphatic carbocycles. The van der Waals surface area contributed by atoms with Crippen LogP contribution in [0.15, 0.2) is 63.6 Å². The van der Waals surface area contributed by atoms with E-state index in [0.717, 1.165) is 15.8 Å². The third-order valence-electron chi connectivity index (χ3n) is 3.88. The summed E-state index contributed by atoms with van der Waals surface area (Å²) in [4.78, 5) is 14.4. The number of aromatic nitrogens is 1. The van der Waals surface area contributed by atoms with Gasteiger partial charge in [-0.2, -0.15) is 0 Å². The fourth-order valence-corrected chi connectivity index (χ4v) is 2.95. The average molecular weight is 415 g/mol. The standard InChI is InChI=1S/C20H19BrN2O3/c1-14-11-16(22-26-14)12-23(2)20(24)17-8-4-6-10-19(17)25-13-15-7-3-5-9-18(15)21/h3-11H,12-13H2,1-2H3. The number of carbonyl (C=O) groups is 1. The van der Waals surface area contributed by atoms with Gasteiger partial charge in [0.05, 0.1) is 12.1 Å². The zero-order valence-corrected chi connectivity index (χ0v) is 16.2. The van der Waals surface area contributed by atoms with Gasteiger partial charge in [0.25, 0.3) is 5.91 Å². The Labute approximate surface area is 160 Å². The van der Waals surface area contributed by atoms with E-state index in [4.69, 9.17) is 9.26 Å². The minimum Gasteiger partial charge on any atom is -0.488 e. The Bertz CT molecular complexity index is 907. The van der Waals surface area contributed by atoms with E-state index in [1.165, 1.54) is 0 Å². The van der Waals surface area contributed by atoms with Crippen LogP contribution >= 0.6 is 15.9 Å². The quantitative estimate of drug-likeness (QED) is 0.591. The second-order valence-electron chi connectivity index (χ2n) is 5.97. The predicted octanol–water partition coefficient (Wildman–Crippen LogP) is 4.60. The topological polar surface area (TPSA) is 55.6 Å². The van der Waals surface area contributed by atoms with Gasteiger partial charge in [-0.15, -0.1) is 0 Å². The SMILES string of the molecule is Cc1cc(CN(C)C(=O)c2ccccc2OCc2ccccc2Br)no1. The number of aryl methyl sites for hydroxylation is 1. The molecule has 0 bridgehead atoms. The molecule has 6 heteroatoms. The highest BCUT2D eigenvalue weighted by molar-refractivity contribution is 9.10. The Morgan fingerprint density at radius 3 is 2.65 bits per heavy atom. The van der Waals surface area contributed by atoms with Crippen molar-refractivity contribution >= 4 is 21.8 Å². The number of amides is 1. The van der Waals surface area contributed by atoms with Gasteiger partial charge in [0, 0.05) is 23.2 Å². The third kappa shape index (κ3) is 4.32. The number of halogens is 1. The molecular formula is C20H19BrN2O3. The van der Waals surface area contributed by atoms with Gasteiger partial charge < -0.3 is 14.2 Å². The van der Waals surface area contributed by atoms with E-state index >= 15 is 0 Å². The number of hydrogen-bond acceptors (Lipinski definition) is 4. The molecule has 0 N–H and O–H groups in total. The van der Waals surface area contributed by atoms with Crippen molar-refractivity contribution in [3.05, 3.63) is 81.7 Å². The number of carbonyl (C=O) groups excluding carboxylic acids is 1. The van der Waals surface area contributed by atoms with Crippen LogP contribution in [0.4, 0.5) is 0 Å². The number of nitrogens with zero attached hydrogens (tertiary/aromatic N) is 2. The maximum Gasteiger partial charge on any atom is 0.257 e. The Morgan fingerprint density at radius 2 is 1.92 bits per heavy atom. The molecule has 0 unspecified atom stereocenters. The smallest absolute Gasteiger partial charge is 0.257 e. The Hall–Kier alpha value is -2.60. The monoisotopic (exact) mass is 414 g/mol. The number of hydrogen-bond donors (Lipinski definition) is 0. The average Bonchev–Trinajstić information content (AvgIpc) is 3.05. The molecule has 0 atom stereocenters. The zero-order chi connectivity index (χ0) is 18.5. The fraction of sp³-hybridized carbons (Fsp3) is 0.200. The normalized spacial score (nSPS) is 10.6. The Kier molecular flexibility index (Phi) is 5.73. The lowest BCUT2D eigenvalue weighted by Crippen LogP contribution is -2.26. The van der Waals surface area contributed by atoms with Crippen LogP contribution in [0.25, 0.3) is 0 Å². The van der Waals surface area contributed by atoms with Crippen molar-refractivity contribution in [3.63, 3.8) is 0 Å². The van der Waals surface area contributed by atoms with Crippen molar-refractivity contribution in [3.8, 4) is 5.75 Å². The van der Waals surface area contributed by atoms with Gasteiger partial charge in [-0.1, -0.05) is 51.4 Å². The zero-order valence-electron chi connectivity index (χ0n) is 14.6. The first-order valence-electron chi connectivity index (χ1n) is 8.17. The molecule has 0 aliphatic heterocycles. The van der Waals surface area contributed by atoms with Crippen molar-refractivity contribution < 1.29 is 14.1 Å². The highest BCUT2D eigenvalue weighted by atomic mass is 79.9. The molecule has 3 aromatic rings. The molecule has 5 nitrogen and oxygen atoms in total. The van der Waals surface area contributed by atoms with Crippen LogP contribution in [0.5, 0.6) is 5.75 Å². The van der Waals surface area contributed by atoms with Crippen LogP contribution in [0.1, 0.15) is 27.4 Å². The van der Waals surface area contributed by atoms with E-state index < -0.39 is 0 Å². The summed E-state index contributed by atoms with van der Waals surface area (Å²) in [5, 5.41) is 3.93. The molecule has 3 rings (SSSR count). The lowest BCUT2D eigenvalue weighted by molar-refractivity contribution is 0.0777. The summed E-state index contributed by atoms with van der Waals surface area (Å²) in [6, 6.07) is 16.9. The van der Waals surface area contributed by atoms with Crippen LogP contribution in [0, 0.1) is 6.92 Å². The van der Waals surface area contributed by atoms with E-state index in [1.807, 2.05) is 49.4 Å². The fourth-order valence-electron chi connectivity index (χ4n) is 2.55. The summed E-state index contributed by atoms with van der Waals surface area (Å²) in [5.74, 6) is 1.14. The van der Waals surface area contributed by atoms with E-state index in [9.17, 15) is 4.79 Å². The molecule has 26 heavy (non-hydrogen) atoms. The highest BCUT2D eigenvalue weighted by Crippen LogP contribution is 2.23. The lowest BCUT2D eigenvalue weighted by atomic mass is 10.1. The molecule has 134 valence electrons. The lowest BCUT2D eigenvalue weighted by Gasteiger charge is -2.18. The van der Waals surface area contributed by atoms with Gasteiger partial charge in [-0.3, -0.25) is 4.79 Å². The minimum atomic E-state index is -0.131. The second kappa shape index (κ2) is 8.19. The van der Waals surface area contributed by atoms with Crippen LogP contribution in [0.2, 0.25) is 0 Å². The summed E-state index contributed by atoms with van der Waals surface area (Å²) in [6.45, 7) is 2.57. The summed E-state index contributed by atoms with van der Waals surface area (Å²) in [5.41, 5.74) is 2.24. The van der Waals surface area contributed by atoms with Crippen LogP contribution < -0.4 is 4.74 Å². The van der Waals surface area contributed by atoms with E-state index in [-0.39, 0.29) is 5.91 Å². The van der Waals surface area contributed by atoms with Gasteiger partial charge in [0.1, 0.15) is 23.8 Å². The molecule has 1 heterocycles. The van der Waals surface area contributed by atoms with Crippen LogP contribution in [-0.4, -0.2) is 23.0 Å². The van der Waals surface area contributed by atoms with Gasteiger partial charge in [-0.25, -0.2) is 0 Å². The Balaban J connectivity index is 1.73. The highest BCUT2D eigenvalue weighted by Gasteiger charge is 2.18. The summed E-state index contributed by atoms with van der Waals surface area (Å²) in [7, 11) is 1.73. The molecule has 0 radical (unpaired) electrons. The maximum atomic E-state index is 12.8. The summed E-state index contributed by atoms with van der Waals surface area (Å²) in [6.07, 6.45) is 0. The molecule has 1 aromatic heterocycles. The third-order valence-corrected chi connectivity index (χ3v) is 4.65. The predicted molar refractivity (Wildman–Crippen MR) is 102 cm³/mol. The van der Waals surface area contributed by atoms with Crippen molar-refractivity contribution in [2.45, 2.75) is 20.1 Å². The van der Waals surface area contributed by atoms with Gasteiger partial charge in [0.15, 0.2) is 0 Å². The molecule has 2 aromatic carbocycles. The number of para-hydroxylation sites is 1. The van der Waals surface area contributed by atoms with Gasteiger partial charge >= 0.3 is 0 Å². The molecule has 0 saturated heterocycles. The van der Waals surface area contributed by atoms with Crippen molar-refractivity contribution in [1.29, 1.82) is 0 Å². The Morgan fingerprint density at radius 1 is 1.19 bits per heavy atom. The second-order valence-corrected chi connectivity index (χ2v) is 6.82. The van der Waals surface area contributed by atoms with Crippen molar-refractivity contribution in [2.24, 2.45) is 0 Å². The molecule has 0 aliphatic rings. The molecule has 0 saturated carbocycles. The number of rotatable bonds is 6. The maximum absolute atomic E-state index is 12.8. The van der Waals surface area contributed by atoms with Gasteiger partial charge in [0.2, 0.25) is 0 Å². The van der Waals surface area contributed by atoms with Crippen LogP contribution in [0.3, 0.4) is 0 Å². The van der Waals surface area contributed by atoms with Gasteiger partial charge in [-0.05, 0) is 25.1 Å². The summed E-state index contributed by atoms with van der Waals surface area (Å²) < 4.78 is 11.9. The first kappa shape index (κ1) is 18.2. The van der Waals surface area contributed by atoms with Crippen LogP contribution in [-0.2, 0) is 13.2 Å². The molecular weight excluding hydrogens is 396 g/mol. The molecule has 1 amide bonds. The summed E-state index contributed by atoms with van der Waals surface area (Å²) >= 11 is 3.51. The first-order chi connectivity index (χ1) is 12.5. The molecule has 0 fully saturated rings. The largest absolute Gasteiger partial charge is 0.488 e. The first-order valence-corrected chi connectivity index (χ1v) is 8.97. The van der Waals surface area contributed by atoms with Crippen molar-refractivity contribution in [2.75, 3.05) is 7.05 Å². The minimum absolute atomic E-state index is 0.131. The number of ether oxygens (including phenoxy) is 1. The molecule has 0 spiro atoms. The number of benzene rings is 2. The van der Waals surface area contributed by atoms with E-state index in [2.05, 4.69) is 21.1 Å².